The average Bonchev–Trinajstić information content (AvgIpc) is 2.30. The molecule has 0 saturated carbocycles. The van der Waals surface area contributed by atoms with Crippen LogP contribution in [-0.4, -0.2) is 20.8 Å². The molecule has 0 radical (unpaired) electrons. The monoisotopic (exact) mass is 254 g/mol. The van der Waals surface area contributed by atoms with Gasteiger partial charge in [0, 0.05) is 0 Å². The van der Waals surface area contributed by atoms with E-state index in [4.69, 9.17) is 4.74 Å². The standard InChI is InChI=1S/C12H14O4S/c1-3-16-9-12(10(2)13)17(14,15)11-7-5-4-6-8-11/h4-9H,3H2,1-2H3/b12-9+. The fraction of sp³-hybridized carbons (Fsp3) is 0.250. The van der Waals surface area contributed by atoms with E-state index in [1.165, 1.54) is 19.1 Å². The normalized spacial score (nSPS) is 12.2. The SMILES string of the molecule is CCO/C=C(\C(C)=O)S(=O)(=O)c1ccccc1. The first kappa shape index (κ1) is 13.4. The van der Waals surface area contributed by atoms with Crippen molar-refractivity contribution >= 4 is 15.6 Å². The Labute approximate surface area is 101 Å². The Kier molecular flexibility index (Phi) is 4.45. The zero-order chi connectivity index (χ0) is 12.9. The number of carbonyl (C=O) groups is 1. The summed E-state index contributed by atoms with van der Waals surface area (Å²) < 4.78 is 29.1. The van der Waals surface area contributed by atoms with Crippen LogP contribution in [0.25, 0.3) is 0 Å². The average molecular weight is 254 g/mol. The number of sulfone groups is 1. The molecule has 0 aromatic heterocycles. The second-order valence-electron chi connectivity index (χ2n) is 3.31. The zero-order valence-corrected chi connectivity index (χ0v) is 10.5. The van der Waals surface area contributed by atoms with Crippen LogP contribution in [0, 0.1) is 0 Å². The molecule has 0 bridgehead atoms. The maximum Gasteiger partial charge on any atom is 0.213 e. The van der Waals surface area contributed by atoms with Gasteiger partial charge in [-0.3, -0.25) is 4.79 Å². The highest BCUT2D eigenvalue weighted by molar-refractivity contribution is 7.96. The summed E-state index contributed by atoms with van der Waals surface area (Å²) in [7, 11) is -3.79. The quantitative estimate of drug-likeness (QED) is 0.595. The first-order valence-corrected chi connectivity index (χ1v) is 6.61. The van der Waals surface area contributed by atoms with Gasteiger partial charge in [0.15, 0.2) is 5.78 Å². The summed E-state index contributed by atoms with van der Waals surface area (Å²) in [5.41, 5.74) is 0. The molecule has 1 aromatic carbocycles. The van der Waals surface area contributed by atoms with Crippen molar-refractivity contribution in [1.82, 2.24) is 0 Å². The van der Waals surface area contributed by atoms with Crippen molar-refractivity contribution in [3.05, 3.63) is 41.5 Å². The third kappa shape index (κ3) is 3.17. The second kappa shape index (κ2) is 5.63. The van der Waals surface area contributed by atoms with Gasteiger partial charge < -0.3 is 4.74 Å². The Balaban J connectivity index is 3.24. The Morgan fingerprint density at radius 1 is 1.29 bits per heavy atom. The topological polar surface area (TPSA) is 60.4 Å². The third-order valence-electron chi connectivity index (χ3n) is 2.05. The fourth-order valence-electron chi connectivity index (χ4n) is 1.22. The predicted molar refractivity (Wildman–Crippen MR) is 64.0 cm³/mol. The Bertz CT molecular complexity index is 515. The van der Waals surface area contributed by atoms with Gasteiger partial charge in [0.1, 0.15) is 11.2 Å². The minimum Gasteiger partial charge on any atom is -0.500 e. The number of Topliss-reactive ketones (excluding diaryl/α,β-unsaturated/α-hetero) is 1. The summed E-state index contributed by atoms with van der Waals surface area (Å²) in [6.45, 7) is 3.22. The molecular weight excluding hydrogens is 240 g/mol. The van der Waals surface area contributed by atoms with E-state index in [0.717, 1.165) is 6.26 Å². The lowest BCUT2D eigenvalue weighted by molar-refractivity contribution is -0.113. The summed E-state index contributed by atoms with van der Waals surface area (Å²) in [5, 5.41) is 0. The third-order valence-corrected chi connectivity index (χ3v) is 3.90. The smallest absolute Gasteiger partial charge is 0.213 e. The number of hydrogen-bond donors (Lipinski definition) is 0. The number of carbonyl (C=O) groups excluding carboxylic acids is 1. The number of benzene rings is 1. The van der Waals surface area contributed by atoms with Crippen LogP contribution in [0.15, 0.2) is 46.4 Å². The molecule has 1 aromatic rings. The first-order valence-electron chi connectivity index (χ1n) is 5.13. The lowest BCUT2D eigenvalue weighted by Crippen LogP contribution is -2.12. The van der Waals surface area contributed by atoms with Crippen molar-refractivity contribution < 1.29 is 17.9 Å². The van der Waals surface area contributed by atoms with Crippen LogP contribution >= 0.6 is 0 Å². The minimum atomic E-state index is -3.79. The molecule has 92 valence electrons. The molecule has 17 heavy (non-hydrogen) atoms. The Hall–Kier alpha value is -1.62. The van der Waals surface area contributed by atoms with Crippen LogP contribution in [0.1, 0.15) is 13.8 Å². The molecule has 5 heteroatoms. The van der Waals surface area contributed by atoms with E-state index in [0.29, 0.717) is 6.61 Å². The Morgan fingerprint density at radius 3 is 2.35 bits per heavy atom. The molecule has 1 rings (SSSR count). The van der Waals surface area contributed by atoms with Gasteiger partial charge >= 0.3 is 0 Å². The van der Waals surface area contributed by atoms with Crippen LogP contribution in [0.4, 0.5) is 0 Å². The van der Waals surface area contributed by atoms with Gasteiger partial charge in [-0.15, -0.1) is 0 Å². The van der Waals surface area contributed by atoms with Crippen LogP contribution in [0.3, 0.4) is 0 Å². The zero-order valence-electron chi connectivity index (χ0n) is 9.71. The van der Waals surface area contributed by atoms with Crippen LogP contribution in [0.5, 0.6) is 0 Å². The van der Waals surface area contributed by atoms with Crippen molar-refractivity contribution in [3.63, 3.8) is 0 Å². The molecule has 0 fully saturated rings. The van der Waals surface area contributed by atoms with Crippen LogP contribution in [-0.2, 0) is 19.4 Å². The first-order chi connectivity index (χ1) is 8.00. The molecule has 0 heterocycles. The lowest BCUT2D eigenvalue weighted by atomic mass is 10.4. The molecule has 0 aliphatic heterocycles. The van der Waals surface area contributed by atoms with Gasteiger partial charge in [0.05, 0.1) is 11.5 Å². The molecule has 0 amide bonds. The molecule has 4 nitrogen and oxygen atoms in total. The van der Waals surface area contributed by atoms with Gasteiger partial charge in [0.2, 0.25) is 9.84 Å². The lowest BCUT2D eigenvalue weighted by Gasteiger charge is -2.06. The number of rotatable bonds is 5. The van der Waals surface area contributed by atoms with Gasteiger partial charge in [0.25, 0.3) is 0 Å². The van der Waals surface area contributed by atoms with Gasteiger partial charge in [-0.2, -0.15) is 0 Å². The highest BCUT2D eigenvalue weighted by Crippen LogP contribution is 2.19. The van der Waals surface area contributed by atoms with Gasteiger partial charge in [-0.1, -0.05) is 18.2 Å². The van der Waals surface area contributed by atoms with Crippen molar-refractivity contribution in [1.29, 1.82) is 0 Å². The molecule has 0 aliphatic rings. The summed E-state index contributed by atoms with van der Waals surface area (Å²) in [6, 6.07) is 7.80. The maximum atomic E-state index is 12.1. The molecule has 0 saturated heterocycles. The Morgan fingerprint density at radius 2 is 1.88 bits per heavy atom. The molecule has 0 atom stereocenters. The molecular formula is C12H14O4S. The second-order valence-corrected chi connectivity index (χ2v) is 5.23. The summed E-state index contributed by atoms with van der Waals surface area (Å²) in [4.78, 5) is 11.1. The number of ketones is 1. The molecule has 0 unspecified atom stereocenters. The van der Waals surface area contributed by atoms with Crippen LogP contribution < -0.4 is 0 Å². The highest BCUT2D eigenvalue weighted by Gasteiger charge is 2.24. The summed E-state index contributed by atoms with van der Waals surface area (Å²) in [6.07, 6.45) is 1.00. The van der Waals surface area contributed by atoms with Crippen molar-refractivity contribution in [2.75, 3.05) is 6.61 Å². The van der Waals surface area contributed by atoms with E-state index in [-0.39, 0.29) is 9.80 Å². The van der Waals surface area contributed by atoms with E-state index in [9.17, 15) is 13.2 Å². The number of ether oxygens (including phenoxy) is 1. The van der Waals surface area contributed by atoms with Crippen LogP contribution in [0.2, 0.25) is 0 Å². The van der Waals surface area contributed by atoms with Gasteiger partial charge in [-0.05, 0) is 26.0 Å². The minimum absolute atomic E-state index is 0.0844. The summed E-state index contributed by atoms with van der Waals surface area (Å²) >= 11 is 0. The predicted octanol–water partition coefficient (Wildman–Crippen LogP) is 1.93. The molecule has 0 spiro atoms. The number of allylic oxidation sites excluding steroid dienone is 1. The van der Waals surface area contributed by atoms with E-state index in [2.05, 4.69) is 0 Å². The summed E-state index contributed by atoms with van der Waals surface area (Å²) in [5.74, 6) is -0.540. The fourth-order valence-corrected chi connectivity index (χ4v) is 2.56. The van der Waals surface area contributed by atoms with E-state index in [1.54, 1.807) is 25.1 Å². The molecule has 0 aliphatic carbocycles. The maximum absolute atomic E-state index is 12.1. The van der Waals surface area contributed by atoms with Crippen molar-refractivity contribution in [3.8, 4) is 0 Å². The van der Waals surface area contributed by atoms with Crippen molar-refractivity contribution in [2.45, 2.75) is 18.7 Å². The van der Waals surface area contributed by atoms with E-state index >= 15 is 0 Å². The largest absolute Gasteiger partial charge is 0.500 e. The van der Waals surface area contributed by atoms with Gasteiger partial charge in [-0.25, -0.2) is 8.42 Å². The van der Waals surface area contributed by atoms with E-state index in [1.807, 2.05) is 0 Å². The van der Waals surface area contributed by atoms with E-state index < -0.39 is 15.6 Å². The number of hydrogen-bond acceptors (Lipinski definition) is 4. The molecule has 0 N–H and O–H groups in total. The highest BCUT2D eigenvalue weighted by atomic mass is 32.2. The van der Waals surface area contributed by atoms with Crippen molar-refractivity contribution in [2.24, 2.45) is 0 Å².